The Kier molecular flexibility index (Phi) is 4.69. The first kappa shape index (κ1) is 14.0. The second kappa shape index (κ2) is 4.69. The Hall–Kier alpha value is 0.0143. The van der Waals surface area contributed by atoms with Crippen molar-refractivity contribution < 1.29 is 26.2 Å². The van der Waals surface area contributed by atoms with E-state index in [1.165, 1.54) is 0 Å². The molecule has 1 aliphatic rings. The number of allylic oxidation sites excluding steroid dienone is 1. The Morgan fingerprint density at radius 3 is 2.07 bits per heavy atom. The second-order valence-electron chi connectivity index (χ2n) is 4.43. The summed E-state index contributed by atoms with van der Waals surface area (Å²) in [6.07, 6.45) is 4.20. The predicted molar refractivity (Wildman–Crippen MR) is 54.3 cm³/mol. The molecule has 0 aromatic heterocycles. The van der Waals surface area contributed by atoms with Crippen molar-refractivity contribution in [3.63, 3.8) is 0 Å². The summed E-state index contributed by atoms with van der Waals surface area (Å²) in [7, 11) is 6.49. The maximum atomic E-state index is 4.41. The number of hydrogen-bond acceptors (Lipinski definition) is 2. The molecule has 0 aromatic carbocycles. The zero-order valence-corrected chi connectivity index (χ0v) is 11.4. The van der Waals surface area contributed by atoms with Crippen LogP contribution < -0.4 is 0 Å². The van der Waals surface area contributed by atoms with Crippen LogP contribution in [-0.2, 0) is 21.7 Å². The summed E-state index contributed by atoms with van der Waals surface area (Å²) in [5, 5.41) is 8.63. The number of hydrogen-bond donors (Lipinski definition) is 0. The minimum Gasteiger partial charge on any atom is -0.303 e. The van der Waals surface area contributed by atoms with Gasteiger partial charge in [0.15, 0.2) is 0 Å². The van der Waals surface area contributed by atoms with Gasteiger partial charge in [-0.15, -0.1) is 5.11 Å². The van der Waals surface area contributed by atoms with Gasteiger partial charge in [-0.05, 0) is 6.42 Å². The van der Waals surface area contributed by atoms with Gasteiger partial charge in [0.1, 0.15) is 0 Å². The fourth-order valence-electron chi connectivity index (χ4n) is 1.62. The van der Waals surface area contributed by atoms with E-state index in [1.54, 1.807) is 0 Å². The van der Waals surface area contributed by atoms with Crippen LogP contribution in [0.2, 0.25) is 0 Å². The molecule has 1 heterocycles. The third kappa shape index (κ3) is 2.33. The van der Waals surface area contributed by atoms with Gasteiger partial charge >= 0.3 is 0 Å². The van der Waals surface area contributed by atoms with Crippen LogP contribution in [0.15, 0.2) is 22.0 Å². The van der Waals surface area contributed by atoms with Crippen molar-refractivity contribution in [3.8, 4) is 0 Å². The largest absolute Gasteiger partial charge is 0.303 e. The summed E-state index contributed by atoms with van der Waals surface area (Å²) in [6, 6.07) is 0. The minimum absolute atomic E-state index is 0. The first-order valence-electron chi connectivity index (χ1n) is 4.91. The molecule has 14 heavy (non-hydrogen) atoms. The quantitative estimate of drug-likeness (QED) is 0.525. The molecular formula is C10H20N3Ti+. The fourth-order valence-corrected chi connectivity index (χ4v) is 1.62. The number of nitrogens with zero attached hydrogens (tertiary/aromatic N) is 3. The number of quaternary nitrogens is 1. The molecule has 0 radical (unpaired) electrons. The van der Waals surface area contributed by atoms with Crippen LogP contribution in [0.4, 0.5) is 0 Å². The van der Waals surface area contributed by atoms with Crippen molar-refractivity contribution in [2.24, 2.45) is 10.2 Å². The Bertz CT molecular complexity index is 253. The topological polar surface area (TPSA) is 24.7 Å². The van der Waals surface area contributed by atoms with Crippen LogP contribution >= 0.6 is 0 Å². The third-order valence-electron chi connectivity index (χ3n) is 2.79. The first-order chi connectivity index (χ1) is 5.95. The van der Waals surface area contributed by atoms with Gasteiger partial charge in [-0.25, -0.2) is 0 Å². The summed E-state index contributed by atoms with van der Waals surface area (Å²) in [4.78, 5) is 0. The van der Waals surface area contributed by atoms with Gasteiger partial charge < -0.3 is 4.48 Å². The molecule has 0 bridgehead atoms. The minimum atomic E-state index is -0.120. The molecule has 0 fully saturated rings. The van der Waals surface area contributed by atoms with Crippen molar-refractivity contribution in [2.45, 2.75) is 32.4 Å². The van der Waals surface area contributed by atoms with E-state index in [2.05, 4.69) is 51.3 Å². The molecule has 78 valence electrons. The van der Waals surface area contributed by atoms with E-state index in [0.29, 0.717) is 0 Å². The molecule has 0 N–H and O–H groups in total. The summed E-state index contributed by atoms with van der Waals surface area (Å²) in [6.45, 7) is 4.28. The van der Waals surface area contributed by atoms with Crippen molar-refractivity contribution in [3.05, 3.63) is 11.8 Å². The molecule has 0 amide bonds. The Morgan fingerprint density at radius 1 is 1.29 bits per heavy atom. The Labute approximate surface area is 102 Å². The maximum absolute atomic E-state index is 4.41. The number of likely N-dealkylation sites (N-methyl/N-ethyl adjacent to an activating group) is 1. The third-order valence-corrected chi connectivity index (χ3v) is 2.79. The van der Waals surface area contributed by atoms with Gasteiger partial charge in [0.05, 0.1) is 26.8 Å². The number of rotatable bonds is 3. The van der Waals surface area contributed by atoms with Crippen LogP contribution in [-0.4, -0.2) is 31.3 Å². The van der Waals surface area contributed by atoms with Crippen molar-refractivity contribution >= 4 is 0 Å². The summed E-state index contributed by atoms with van der Waals surface area (Å²) >= 11 is 0. The molecule has 3 nitrogen and oxygen atoms in total. The van der Waals surface area contributed by atoms with Crippen LogP contribution in [0.5, 0.6) is 0 Å². The van der Waals surface area contributed by atoms with Crippen molar-refractivity contribution in [2.75, 3.05) is 21.1 Å². The molecule has 0 saturated carbocycles. The van der Waals surface area contributed by atoms with Gasteiger partial charge in [0, 0.05) is 34.2 Å². The molecule has 0 aliphatic carbocycles. The van der Waals surface area contributed by atoms with Crippen molar-refractivity contribution in [1.29, 1.82) is 0 Å². The molecule has 0 aromatic rings. The molecule has 0 spiro atoms. The Morgan fingerprint density at radius 2 is 1.86 bits per heavy atom. The molecule has 1 atom stereocenters. The average molecular weight is 230 g/mol. The van der Waals surface area contributed by atoms with Gasteiger partial charge in [0.25, 0.3) is 0 Å². The van der Waals surface area contributed by atoms with E-state index in [4.69, 9.17) is 0 Å². The fraction of sp³-hybridized carbons (Fsp3) is 0.800. The molecular weight excluding hydrogens is 210 g/mol. The van der Waals surface area contributed by atoms with E-state index in [9.17, 15) is 0 Å². The molecule has 1 unspecified atom stereocenters. The van der Waals surface area contributed by atoms with E-state index in [1.807, 2.05) is 0 Å². The van der Waals surface area contributed by atoms with Gasteiger partial charge in [0.2, 0.25) is 5.66 Å². The first-order valence-corrected chi connectivity index (χ1v) is 4.91. The van der Waals surface area contributed by atoms with E-state index >= 15 is 0 Å². The predicted octanol–water partition coefficient (Wildman–Crippen LogP) is 2.56. The standard InChI is InChI=1S/C10H20N3.Ti/c1-6-9-8-10(7-2,12-11-9)13(3,4)5;/h8H,6-7H2,1-5H3;/q+1;. The molecule has 1 aliphatic heterocycles. The maximum Gasteiger partial charge on any atom is 0.232 e. The van der Waals surface area contributed by atoms with Crippen LogP contribution in [0, 0.1) is 0 Å². The van der Waals surface area contributed by atoms with Gasteiger partial charge in [-0.3, -0.25) is 0 Å². The van der Waals surface area contributed by atoms with Crippen LogP contribution in [0.3, 0.4) is 0 Å². The summed E-state index contributed by atoms with van der Waals surface area (Å²) in [5.74, 6) is 0. The molecule has 4 heteroatoms. The van der Waals surface area contributed by atoms with Gasteiger partial charge in [-0.1, -0.05) is 13.8 Å². The normalized spacial score (nSPS) is 25.9. The van der Waals surface area contributed by atoms with E-state index in [-0.39, 0.29) is 27.4 Å². The SMILES string of the molecule is CCC1=CC(CC)([N+](C)(C)C)N=N1.[Ti]. The summed E-state index contributed by atoms with van der Waals surface area (Å²) < 4.78 is 0.816. The van der Waals surface area contributed by atoms with E-state index < -0.39 is 0 Å². The van der Waals surface area contributed by atoms with Crippen molar-refractivity contribution in [1.82, 2.24) is 0 Å². The monoisotopic (exact) mass is 230 g/mol. The Balaban J connectivity index is 0.00000169. The summed E-state index contributed by atoms with van der Waals surface area (Å²) in [5.41, 5.74) is 1.00. The number of azo groups is 1. The van der Waals surface area contributed by atoms with Crippen LogP contribution in [0.1, 0.15) is 26.7 Å². The molecule has 0 saturated heterocycles. The van der Waals surface area contributed by atoms with Crippen LogP contribution in [0.25, 0.3) is 0 Å². The van der Waals surface area contributed by atoms with E-state index in [0.717, 1.165) is 23.0 Å². The smallest absolute Gasteiger partial charge is 0.232 e. The molecule has 1 rings (SSSR count). The second-order valence-corrected chi connectivity index (χ2v) is 4.43. The average Bonchev–Trinajstić information content (AvgIpc) is 2.47. The zero-order chi connectivity index (χ0) is 10.1. The zero-order valence-electron chi connectivity index (χ0n) is 9.83. The van der Waals surface area contributed by atoms with Gasteiger partial charge in [-0.2, -0.15) is 5.11 Å².